The minimum absolute atomic E-state index is 0.0274. The third kappa shape index (κ3) is 4.42. The van der Waals surface area contributed by atoms with Gasteiger partial charge in [0.05, 0.1) is 13.1 Å². The van der Waals surface area contributed by atoms with Gasteiger partial charge in [0.1, 0.15) is 23.8 Å². The Bertz CT molecular complexity index is 566. The molecule has 2 rings (SSSR count). The number of nitrogens with zero attached hydrogens (tertiary/aromatic N) is 1. The van der Waals surface area contributed by atoms with Crippen LogP contribution in [-0.4, -0.2) is 53.7 Å². The van der Waals surface area contributed by atoms with Gasteiger partial charge in [-0.3, -0.25) is 9.59 Å². The first kappa shape index (κ1) is 16.2. The van der Waals surface area contributed by atoms with Crippen molar-refractivity contribution in [1.82, 2.24) is 10.2 Å². The zero-order chi connectivity index (χ0) is 16.2. The standard InChI is InChI=1S/C15H19FN2O4/c1-11(19)17-8-14(20)18-6-5-15(21,9-18)10-22-13-4-2-3-12(16)7-13/h2-4,7,21H,5-6,8-10H2,1H3,(H,17,19)/t15-/m1/s1. The maximum absolute atomic E-state index is 13.1. The Morgan fingerprint density at radius 2 is 2.27 bits per heavy atom. The highest BCUT2D eigenvalue weighted by Crippen LogP contribution is 2.23. The largest absolute Gasteiger partial charge is 0.490 e. The van der Waals surface area contributed by atoms with E-state index in [1.807, 2.05) is 0 Å². The van der Waals surface area contributed by atoms with Crippen LogP contribution in [0, 0.1) is 5.82 Å². The van der Waals surface area contributed by atoms with Crippen molar-refractivity contribution in [3.8, 4) is 5.75 Å². The topological polar surface area (TPSA) is 78.9 Å². The Kier molecular flexibility index (Phi) is 4.97. The number of hydrogen-bond donors (Lipinski definition) is 2. The van der Waals surface area contributed by atoms with E-state index >= 15 is 0 Å². The van der Waals surface area contributed by atoms with E-state index < -0.39 is 11.4 Å². The van der Waals surface area contributed by atoms with Gasteiger partial charge in [0.25, 0.3) is 0 Å². The van der Waals surface area contributed by atoms with Crippen LogP contribution >= 0.6 is 0 Å². The van der Waals surface area contributed by atoms with E-state index in [0.717, 1.165) is 0 Å². The summed E-state index contributed by atoms with van der Waals surface area (Å²) in [6.07, 6.45) is 0.369. The molecule has 6 nitrogen and oxygen atoms in total. The molecule has 0 spiro atoms. The normalized spacial score (nSPS) is 20.8. The smallest absolute Gasteiger partial charge is 0.242 e. The van der Waals surface area contributed by atoms with Crippen LogP contribution in [0.2, 0.25) is 0 Å². The first-order valence-electron chi connectivity index (χ1n) is 7.01. The van der Waals surface area contributed by atoms with Gasteiger partial charge in [0.2, 0.25) is 11.8 Å². The van der Waals surface area contributed by atoms with E-state index in [0.29, 0.717) is 18.7 Å². The van der Waals surface area contributed by atoms with Crippen molar-refractivity contribution < 1.29 is 23.8 Å². The van der Waals surface area contributed by atoms with Crippen molar-refractivity contribution >= 4 is 11.8 Å². The lowest BCUT2D eigenvalue weighted by molar-refractivity contribution is -0.132. The van der Waals surface area contributed by atoms with Gasteiger partial charge in [-0.25, -0.2) is 4.39 Å². The zero-order valence-corrected chi connectivity index (χ0v) is 12.3. The van der Waals surface area contributed by atoms with Gasteiger partial charge < -0.3 is 20.1 Å². The summed E-state index contributed by atoms with van der Waals surface area (Å²) in [5, 5.41) is 12.8. The van der Waals surface area contributed by atoms with Crippen molar-refractivity contribution in [3.63, 3.8) is 0 Å². The number of hydrogen-bond acceptors (Lipinski definition) is 4. The molecule has 1 atom stereocenters. The maximum Gasteiger partial charge on any atom is 0.242 e. The van der Waals surface area contributed by atoms with Gasteiger partial charge in [0.15, 0.2) is 0 Å². The number of ether oxygens (including phenoxy) is 1. The predicted octanol–water partition coefficient (Wildman–Crippen LogP) is 0.304. The number of halogens is 1. The Hall–Kier alpha value is -2.15. The highest BCUT2D eigenvalue weighted by molar-refractivity contribution is 5.83. The SMILES string of the molecule is CC(=O)NCC(=O)N1CC[C@](O)(COc2cccc(F)c2)C1. The molecule has 0 bridgehead atoms. The van der Waals surface area contributed by atoms with Crippen molar-refractivity contribution in [2.45, 2.75) is 18.9 Å². The molecular weight excluding hydrogens is 291 g/mol. The fourth-order valence-electron chi connectivity index (χ4n) is 2.27. The molecule has 2 N–H and O–H groups in total. The lowest BCUT2D eigenvalue weighted by Crippen LogP contribution is -2.43. The van der Waals surface area contributed by atoms with Gasteiger partial charge in [-0.2, -0.15) is 0 Å². The number of carbonyl (C=O) groups is 2. The predicted molar refractivity (Wildman–Crippen MR) is 76.7 cm³/mol. The molecule has 7 heteroatoms. The van der Waals surface area contributed by atoms with Gasteiger partial charge in [-0.15, -0.1) is 0 Å². The minimum atomic E-state index is -1.17. The second kappa shape index (κ2) is 6.74. The summed E-state index contributed by atoms with van der Waals surface area (Å²) in [6.45, 7) is 1.74. The van der Waals surface area contributed by atoms with Crippen LogP contribution in [0.15, 0.2) is 24.3 Å². The molecule has 1 heterocycles. The molecule has 1 aliphatic rings. The summed E-state index contributed by atoms with van der Waals surface area (Å²) in [6, 6.07) is 5.66. The molecule has 22 heavy (non-hydrogen) atoms. The summed E-state index contributed by atoms with van der Waals surface area (Å²) in [5.74, 6) is -0.617. The number of amides is 2. The Balaban J connectivity index is 1.85. The third-order valence-corrected chi connectivity index (χ3v) is 3.48. The van der Waals surface area contributed by atoms with E-state index in [2.05, 4.69) is 5.32 Å². The minimum Gasteiger partial charge on any atom is -0.490 e. The van der Waals surface area contributed by atoms with E-state index in [1.54, 1.807) is 6.07 Å². The van der Waals surface area contributed by atoms with Gasteiger partial charge >= 0.3 is 0 Å². The van der Waals surface area contributed by atoms with Crippen LogP contribution in [0.1, 0.15) is 13.3 Å². The summed E-state index contributed by atoms with van der Waals surface area (Å²) < 4.78 is 18.5. The summed E-state index contributed by atoms with van der Waals surface area (Å²) in [5.41, 5.74) is -1.17. The second-order valence-electron chi connectivity index (χ2n) is 5.45. The number of benzene rings is 1. The van der Waals surface area contributed by atoms with Crippen LogP contribution in [-0.2, 0) is 9.59 Å². The molecule has 1 fully saturated rings. The monoisotopic (exact) mass is 310 g/mol. The summed E-state index contributed by atoms with van der Waals surface area (Å²) >= 11 is 0. The molecule has 0 unspecified atom stereocenters. The van der Waals surface area contributed by atoms with Gasteiger partial charge in [-0.05, 0) is 18.6 Å². The molecule has 1 aliphatic heterocycles. The summed E-state index contributed by atoms with van der Waals surface area (Å²) in [4.78, 5) is 24.1. The Labute approximate surface area is 127 Å². The highest BCUT2D eigenvalue weighted by atomic mass is 19.1. The zero-order valence-electron chi connectivity index (χ0n) is 12.3. The second-order valence-corrected chi connectivity index (χ2v) is 5.45. The van der Waals surface area contributed by atoms with Crippen molar-refractivity contribution in [3.05, 3.63) is 30.1 Å². The highest BCUT2D eigenvalue weighted by Gasteiger charge is 2.38. The van der Waals surface area contributed by atoms with Crippen LogP contribution in [0.4, 0.5) is 4.39 Å². The number of aliphatic hydroxyl groups is 1. The van der Waals surface area contributed by atoms with Crippen LogP contribution in [0.5, 0.6) is 5.75 Å². The van der Waals surface area contributed by atoms with Crippen molar-refractivity contribution in [2.24, 2.45) is 0 Å². The van der Waals surface area contributed by atoms with Crippen molar-refractivity contribution in [2.75, 3.05) is 26.2 Å². The Morgan fingerprint density at radius 1 is 1.50 bits per heavy atom. The third-order valence-electron chi connectivity index (χ3n) is 3.48. The molecule has 0 aromatic heterocycles. The van der Waals surface area contributed by atoms with Crippen LogP contribution < -0.4 is 10.1 Å². The molecule has 2 amide bonds. The average Bonchev–Trinajstić information content (AvgIpc) is 2.86. The van der Waals surface area contributed by atoms with E-state index in [9.17, 15) is 19.1 Å². The molecule has 1 saturated heterocycles. The number of β-amino-alcohol motifs (C(OH)–C–C–N with tert-alkyl or cyclic N) is 1. The number of carbonyl (C=O) groups excluding carboxylic acids is 2. The lowest BCUT2D eigenvalue weighted by atomic mass is 10.1. The quantitative estimate of drug-likeness (QED) is 0.820. The summed E-state index contributed by atoms with van der Waals surface area (Å²) in [7, 11) is 0. The fraction of sp³-hybridized carbons (Fsp3) is 0.467. The Morgan fingerprint density at radius 3 is 2.95 bits per heavy atom. The van der Waals surface area contributed by atoms with E-state index in [1.165, 1.54) is 30.0 Å². The fourth-order valence-corrected chi connectivity index (χ4v) is 2.27. The van der Waals surface area contributed by atoms with E-state index in [-0.39, 0.29) is 31.5 Å². The molecule has 0 aliphatic carbocycles. The van der Waals surface area contributed by atoms with Gasteiger partial charge in [-0.1, -0.05) is 6.07 Å². The van der Waals surface area contributed by atoms with Crippen LogP contribution in [0.3, 0.4) is 0 Å². The molecule has 1 aromatic carbocycles. The first-order chi connectivity index (χ1) is 10.4. The average molecular weight is 310 g/mol. The maximum atomic E-state index is 13.1. The molecule has 1 aromatic rings. The molecule has 120 valence electrons. The molecule has 0 radical (unpaired) electrons. The number of rotatable bonds is 5. The van der Waals surface area contributed by atoms with Gasteiger partial charge in [0, 0.05) is 19.5 Å². The number of likely N-dealkylation sites (tertiary alicyclic amines) is 1. The molecular formula is C15H19FN2O4. The molecule has 0 saturated carbocycles. The number of nitrogens with one attached hydrogen (secondary N) is 1. The van der Waals surface area contributed by atoms with Crippen LogP contribution in [0.25, 0.3) is 0 Å². The lowest BCUT2D eigenvalue weighted by Gasteiger charge is -2.23. The first-order valence-corrected chi connectivity index (χ1v) is 7.01. The van der Waals surface area contributed by atoms with E-state index in [4.69, 9.17) is 4.74 Å². The van der Waals surface area contributed by atoms with Crippen molar-refractivity contribution in [1.29, 1.82) is 0 Å².